The quantitative estimate of drug-likeness (QED) is 0.559. The van der Waals surface area contributed by atoms with E-state index in [-0.39, 0.29) is 11.9 Å². The molecule has 2 atom stereocenters. The molecular weight excluding hydrogens is 424 g/mol. The van der Waals surface area contributed by atoms with Gasteiger partial charge in [-0.3, -0.25) is 9.10 Å². The molecule has 1 N–H and O–H groups in total. The Morgan fingerprint density at radius 2 is 1.47 bits per heavy atom. The van der Waals surface area contributed by atoms with Gasteiger partial charge in [0.15, 0.2) is 6.10 Å². The SMILES string of the molecule is Cc1ccc(C(NC(=O)C(C)Oc2ccc(N(C)S(C)(=O)=O)cc2)c2ccccc2)cc1. The van der Waals surface area contributed by atoms with Crippen LogP contribution in [0.2, 0.25) is 0 Å². The van der Waals surface area contributed by atoms with Crippen LogP contribution in [0.4, 0.5) is 5.69 Å². The van der Waals surface area contributed by atoms with Crippen LogP contribution >= 0.6 is 0 Å². The molecule has 3 aromatic carbocycles. The molecule has 0 aliphatic heterocycles. The van der Waals surface area contributed by atoms with Crippen LogP contribution < -0.4 is 14.4 Å². The molecule has 3 aromatic rings. The van der Waals surface area contributed by atoms with Crippen molar-refractivity contribution in [2.45, 2.75) is 26.0 Å². The molecule has 0 spiro atoms. The lowest BCUT2D eigenvalue weighted by molar-refractivity contribution is -0.127. The van der Waals surface area contributed by atoms with Gasteiger partial charge in [-0.1, -0.05) is 60.2 Å². The highest BCUT2D eigenvalue weighted by Crippen LogP contribution is 2.24. The van der Waals surface area contributed by atoms with Crippen LogP contribution in [-0.2, 0) is 14.8 Å². The van der Waals surface area contributed by atoms with E-state index in [1.165, 1.54) is 11.4 Å². The summed E-state index contributed by atoms with van der Waals surface area (Å²) in [6, 6.07) is 24.1. The number of sulfonamides is 1. The van der Waals surface area contributed by atoms with Gasteiger partial charge in [-0.25, -0.2) is 8.42 Å². The number of carbonyl (C=O) groups excluding carboxylic acids is 1. The van der Waals surface area contributed by atoms with Gasteiger partial charge in [-0.2, -0.15) is 0 Å². The fourth-order valence-electron chi connectivity index (χ4n) is 3.21. The Balaban J connectivity index is 1.73. The van der Waals surface area contributed by atoms with Crippen LogP contribution in [0.1, 0.15) is 29.7 Å². The lowest BCUT2D eigenvalue weighted by atomic mass is 9.97. The number of anilines is 1. The Morgan fingerprint density at radius 3 is 2.03 bits per heavy atom. The van der Waals surface area contributed by atoms with Crippen molar-refractivity contribution < 1.29 is 17.9 Å². The first-order valence-corrected chi connectivity index (χ1v) is 12.1. The number of hydrogen-bond donors (Lipinski definition) is 1. The highest BCUT2D eigenvalue weighted by molar-refractivity contribution is 7.92. The van der Waals surface area contributed by atoms with E-state index in [9.17, 15) is 13.2 Å². The molecule has 0 aliphatic carbocycles. The summed E-state index contributed by atoms with van der Waals surface area (Å²) in [6.45, 7) is 3.71. The molecule has 6 nitrogen and oxygen atoms in total. The first-order valence-electron chi connectivity index (χ1n) is 10.3. The molecule has 168 valence electrons. The van der Waals surface area contributed by atoms with E-state index in [2.05, 4.69) is 5.32 Å². The number of ether oxygens (including phenoxy) is 1. The van der Waals surface area contributed by atoms with Crippen LogP contribution in [-0.4, -0.2) is 33.7 Å². The van der Waals surface area contributed by atoms with Crippen molar-refractivity contribution in [1.82, 2.24) is 5.32 Å². The molecular formula is C25H28N2O4S. The minimum absolute atomic E-state index is 0.253. The van der Waals surface area contributed by atoms with Gasteiger partial charge in [0.2, 0.25) is 10.0 Å². The predicted molar refractivity (Wildman–Crippen MR) is 127 cm³/mol. The number of rotatable bonds is 8. The Bertz CT molecular complexity index is 1140. The molecule has 3 rings (SSSR count). The second-order valence-corrected chi connectivity index (χ2v) is 9.76. The first-order chi connectivity index (χ1) is 15.1. The second kappa shape index (κ2) is 9.87. The monoisotopic (exact) mass is 452 g/mol. The summed E-state index contributed by atoms with van der Waals surface area (Å²) < 4.78 is 30.3. The molecule has 1 amide bonds. The largest absolute Gasteiger partial charge is 0.481 e. The standard InChI is InChI=1S/C25H28N2O4S/c1-18-10-12-21(13-11-18)24(20-8-6-5-7-9-20)26-25(28)19(2)31-23-16-14-22(15-17-23)27(3)32(4,29)30/h5-17,19,24H,1-4H3,(H,26,28). The number of nitrogens with one attached hydrogen (secondary N) is 1. The van der Waals surface area contributed by atoms with E-state index in [1.807, 2.05) is 61.5 Å². The molecule has 0 saturated carbocycles. The van der Waals surface area contributed by atoms with E-state index in [0.717, 1.165) is 22.9 Å². The number of nitrogens with zero attached hydrogens (tertiary/aromatic N) is 1. The van der Waals surface area contributed by atoms with Crippen molar-refractivity contribution in [3.8, 4) is 5.75 Å². The molecule has 0 fully saturated rings. The van der Waals surface area contributed by atoms with Gasteiger partial charge < -0.3 is 10.1 Å². The minimum atomic E-state index is -3.35. The Hall–Kier alpha value is -3.32. The summed E-state index contributed by atoms with van der Waals surface area (Å²) >= 11 is 0. The number of carbonyl (C=O) groups is 1. The lowest BCUT2D eigenvalue weighted by Crippen LogP contribution is -2.39. The van der Waals surface area contributed by atoms with Gasteiger partial charge in [0.25, 0.3) is 5.91 Å². The maximum Gasteiger partial charge on any atom is 0.261 e. The Morgan fingerprint density at radius 1 is 0.906 bits per heavy atom. The summed E-state index contributed by atoms with van der Waals surface area (Å²) in [4.78, 5) is 13.0. The minimum Gasteiger partial charge on any atom is -0.481 e. The summed E-state index contributed by atoms with van der Waals surface area (Å²) in [5, 5.41) is 3.09. The molecule has 0 saturated heterocycles. The molecule has 0 aliphatic rings. The summed E-state index contributed by atoms with van der Waals surface area (Å²) in [5.74, 6) is 0.224. The highest BCUT2D eigenvalue weighted by Gasteiger charge is 2.22. The Kier molecular flexibility index (Phi) is 7.20. The van der Waals surface area contributed by atoms with Gasteiger partial charge in [0.1, 0.15) is 5.75 Å². The Labute approximate surface area is 189 Å². The van der Waals surface area contributed by atoms with Gasteiger partial charge >= 0.3 is 0 Å². The molecule has 0 heterocycles. The third-order valence-corrected chi connectivity index (χ3v) is 6.42. The highest BCUT2D eigenvalue weighted by atomic mass is 32.2. The van der Waals surface area contributed by atoms with Crippen LogP contribution in [0.3, 0.4) is 0 Å². The smallest absolute Gasteiger partial charge is 0.261 e. The van der Waals surface area contributed by atoms with Crippen molar-refractivity contribution in [3.05, 3.63) is 95.6 Å². The zero-order valence-corrected chi connectivity index (χ0v) is 19.5. The molecule has 7 heteroatoms. The van der Waals surface area contributed by atoms with E-state index in [0.29, 0.717) is 11.4 Å². The first kappa shape index (κ1) is 23.3. The van der Waals surface area contributed by atoms with Crippen molar-refractivity contribution in [2.24, 2.45) is 0 Å². The molecule has 0 radical (unpaired) electrons. The van der Waals surface area contributed by atoms with Gasteiger partial charge in [-0.05, 0) is 49.2 Å². The fraction of sp³-hybridized carbons (Fsp3) is 0.240. The van der Waals surface area contributed by atoms with Crippen molar-refractivity contribution >= 4 is 21.6 Å². The maximum absolute atomic E-state index is 13.0. The van der Waals surface area contributed by atoms with E-state index in [1.54, 1.807) is 31.2 Å². The van der Waals surface area contributed by atoms with E-state index >= 15 is 0 Å². The topological polar surface area (TPSA) is 75.7 Å². The molecule has 2 unspecified atom stereocenters. The van der Waals surface area contributed by atoms with Crippen LogP contribution in [0, 0.1) is 6.92 Å². The average Bonchev–Trinajstić information content (AvgIpc) is 2.78. The van der Waals surface area contributed by atoms with Crippen LogP contribution in [0.25, 0.3) is 0 Å². The van der Waals surface area contributed by atoms with Gasteiger partial charge in [0, 0.05) is 7.05 Å². The van der Waals surface area contributed by atoms with Crippen LogP contribution in [0.5, 0.6) is 5.75 Å². The average molecular weight is 453 g/mol. The molecule has 0 aromatic heterocycles. The normalized spacial score (nSPS) is 13.1. The zero-order valence-electron chi connectivity index (χ0n) is 18.6. The number of hydrogen-bond acceptors (Lipinski definition) is 4. The lowest BCUT2D eigenvalue weighted by Gasteiger charge is -2.23. The van der Waals surface area contributed by atoms with Crippen molar-refractivity contribution in [2.75, 3.05) is 17.6 Å². The van der Waals surface area contributed by atoms with Gasteiger partial charge in [-0.15, -0.1) is 0 Å². The maximum atomic E-state index is 13.0. The van der Waals surface area contributed by atoms with Crippen molar-refractivity contribution in [1.29, 1.82) is 0 Å². The van der Waals surface area contributed by atoms with E-state index < -0.39 is 16.1 Å². The zero-order chi connectivity index (χ0) is 23.3. The summed E-state index contributed by atoms with van der Waals surface area (Å²) in [7, 11) is -1.86. The van der Waals surface area contributed by atoms with Crippen molar-refractivity contribution in [3.63, 3.8) is 0 Å². The summed E-state index contributed by atoms with van der Waals surface area (Å²) in [6.07, 6.45) is 0.395. The van der Waals surface area contributed by atoms with Crippen LogP contribution in [0.15, 0.2) is 78.9 Å². The third kappa shape index (κ3) is 5.88. The second-order valence-electron chi connectivity index (χ2n) is 7.75. The molecule has 32 heavy (non-hydrogen) atoms. The van der Waals surface area contributed by atoms with Gasteiger partial charge in [0.05, 0.1) is 18.0 Å². The molecule has 0 bridgehead atoms. The summed E-state index contributed by atoms with van der Waals surface area (Å²) in [5.41, 5.74) is 3.62. The van der Waals surface area contributed by atoms with E-state index in [4.69, 9.17) is 4.74 Å². The number of amides is 1. The number of benzene rings is 3. The predicted octanol–water partition coefficient (Wildman–Crippen LogP) is 4.06. The third-order valence-electron chi connectivity index (χ3n) is 5.21. The fourth-order valence-corrected chi connectivity index (χ4v) is 3.71. The number of aryl methyl sites for hydroxylation is 1.